The Bertz CT molecular complexity index is 702. The smallest absolute Gasteiger partial charge is 0.312 e. The summed E-state index contributed by atoms with van der Waals surface area (Å²) in [6.07, 6.45) is 2.87. The van der Waals surface area contributed by atoms with Crippen LogP contribution >= 0.6 is 27.7 Å². The normalized spacial score (nSPS) is 23.0. The second-order valence-electron chi connectivity index (χ2n) is 5.79. The van der Waals surface area contributed by atoms with E-state index in [0.717, 1.165) is 51.5 Å². The van der Waals surface area contributed by atoms with Crippen molar-refractivity contribution in [1.82, 2.24) is 15.0 Å². The zero-order valence-electron chi connectivity index (χ0n) is 11.5. The lowest BCUT2D eigenvalue weighted by Crippen LogP contribution is -2.09. The van der Waals surface area contributed by atoms with Crippen molar-refractivity contribution >= 4 is 44.8 Å². The average Bonchev–Trinajstić information content (AvgIpc) is 3.01. The Labute approximate surface area is 134 Å². The molecule has 1 unspecified atom stereocenters. The van der Waals surface area contributed by atoms with E-state index < -0.39 is 0 Å². The van der Waals surface area contributed by atoms with Gasteiger partial charge in [-0.2, -0.15) is 0 Å². The first-order valence-corrected chi connectivity index (χ1v) is 8.70. The number of thioether (sulfide) groups is 1. The monoisotopic (exact) mass is 367 g/mol. The van der Waals surface area contributed by atoms with E-state index in [-0.39, 0.29) is 17.5 Å². The maximum Gasteiger partial charge on any atom is 0.312 e. The van der Waals surface area contributed by atoms with Gasteiger partial charge < -0.3 is 9.72 Å². The SMILES string of the molecule is Cc1nc2nc(SCC3CC4(CC4)C(=O)O3)[nH]c2cc1Br. The Morgan fingerprint density at radius 2 is 2.33 bits per heavy atom. The Hall–Kier alpha value is -1.08. The number of aromatic nitrogens is 3. The highest BCUT2D eigenvalue weighted by atomic mass is 79.9. The second-order valence-corrected chi connectivity index (χ2v) is 7.65. The van der Waals surface area contributed by atoms with E-state index in [1.807, 2.05) is 13.0 Å². The molecule has 1 N–H and O–H groups in total. The van der Waals surface area contributed by atoms with Gasteiger partial charge in [0.15, 0.2) is 10.8 Å². The van der Waals surface area contributed by atoms with E-state index in [1.54, 1.807) is 11.8 Å². The largest absolute Gasteiger partial charge is 0.461 e. The summed E-state index contributed by atoms with van der Waals surface area (Å²) in [7, 11) is 0. The highest BCUT2D eigenvalue weighted by molar-refractivity contribution is 9.10. The summed E-state index contributed by atoms with van der Waals surface area (Å²) in [6, 6.07) is 1.99. The molecule has 1 aliphatic heterocycles. The van der Waals surface area contributed by atoms with Crippen molar-refractivity contribution in [3.63, 3.8) is 0 Å². The summed E-state index contributed by atoms with van der Waals surface area (Å²) in [4.78, 5) is 23.9. The number of rotatable bonds is 3. The molecule has 5 nitrogen and oxygen atoms in total. The number of aromatic amines is 1. The number of cyclic esters (lactones) is 1. The molecule has 3 heterocycles. The van der Waals surface area contributed by atoms with E-state index in [9.17, 15) is 4.79 Å². The number of carbonyl (C=O) groups is 1. The molecule has 2 aliphatic rings. The first kappa shape index (κ1) is 13.6. The fourth-order valence-corrected chi connectivity index (χ4v) is 3.89. The fraction of sp³-hybridized carbons (Fsp3) is 0.500. The van der Waals surface area contributed by atoms with Crippen molar-refractivity contribution in [3.8, 4) is 0 Å². The number of halogens is 1. The Kier molecular flexibility index (Phi) is 3.04. The van der Waals surface area contributed by atoms with Crippen molar-refractivity contribution < 1.29 is 9.53 Å². The van der Waals surface area contributed by atoms with Crippen LogP contribution in [0.4, 0.5) is 0 Å². The zero-order chi connectivity index (χ0) is 14.6. The lowest BCUT2D eigenvalue weighted by Gasteiger charge is -2.06. The second kappa shape index (κ2) is 4.71. The summed E-state index contributed by atoms with van der Waals surface area (Å²) >= 11 is 5.06. The van der Waals surface area contributed by atoms with Gasteiger partial charge in [0.25, 0.3) is 0 Å². The van der Waals surface area contributed by atoms with Gasteiger partial charge in [0.05, 0.1) is 16.6 Å². The topological polar surface area (TPSA) is 67.9 Å². The molecule has 0 amide bonds. The Morgan fingerprint density at radius 3 is 3.05 bits per heavy atom. The number of aryl methyl sites for hydroxylation is 1. The lowest BCUT2D eigenvalue weighted by molar-refractivity contribution is -0.144. The van der Waals surface area contributed by atoms with Crippen molar-refractivity contribution in [2.24, 2.45) is 5.41 Å². The van der Waals surface area contributed by atoms with Gasteiger partial charge in [-0.3, -0.25) is 4.79 Å². The summed E-state index contributed by atoms with van der Waals surface area (Å²) in [5.74, 6) is 0.743. The molecular formula is C14H14BrN3O2S. The molecule has 1 aliphatic carbocycles. The zero-order valence-corrected chi connectivity index (χ0v) is 13.9. The lowest BCUT2D eigenvalue weighted by atomic mass is 10.0. The van der Waals surface area contributed by atoms with Gasteiger partial charge in [-0.15, -0.1) is 0 Å². The molecule has 2 aromatic heterocycles. The van der Waals surface area contributed by atoms with Crippen molar-refractivity contribution in [2.45, 2.75) is 37.4 Å². The number of nitrogens with zero attached hydrogens (tertiary/aromatic N) is 2. The number of hydrogen-bond acceptors (Lipinski definition) is 5. The predicted octanol–water partition coefficient (Wildman–Crippen LogP) is 3.22. The van der Waals surface area contributed by atoms with Gasteiger partial charge in [0, 0.05) is 16.6 Å². The molecule has 0 radical (unpaired) electrons. The summed E-state index contributed by atoms with van der Waals surface area (Å²) in [5.41, 5.74) is 2.44. The van der Waals surface area contributed by atoms with Crippen LogP contribution in [0, 0.1) is 12.3 Å². The van der Waals surface area contributed by atoms with Crippen LogP contribution in [0.3, 0.4) is 0 Å². The number of nitrogens with one attached hydrogen (secondary N) is 1. The van der Waals surface area contributed by atoms with E-state index >= 15 is 0 Å². The summed E-state index contributed by atoms with van der Waals surface area (Å²) < 4.78 is 6.42. The maximum atomic E-state index is 11.7. The molecule has 1 spiro atoms. The van der Waals surface area contributed by atoms with Gasteiger partial charge in [0.2, 0.25) is 0 Å². The third kappa shape index (κ3) is 2.36. The van der Waals surface area contributed by atoms with Crippen LogP contribution in [0.25, 0.3) is 11.2 Å². The van der Waals surface area contributed by atoms with Crippen LogP contribution in [0.1, 0.15) is 25.0 Å². The third-order valence-electron chi connectivity index (χ3n) is 4.16. The molecule has 1 saturated heterocycles. The van der Waals surface area contributed by atoms with Crippen LogP contribution in [0.15, 0.2) is 15.7 Å². The molecule has 1 atom stereocenters. The number of hydrogen-bond donors (Lipinski definition) is 1. The number of imidazole rings is 1. The summed E-state index contributed by atoms with van der Waals surface area (Å²) in [5, 5.41) is 0.822. The fourth-order valence-electron chi connectivity index (χ4n) is 2.71. The van der Waals surface area contributed by atoms with Crippen molar-refractivity contribution in [3.05, 3.63) is 16.2 Å². The van der Waals surface area contributed by atoms with E-state index in [4.69, 9.17) is 4.74 Å². The molecule has 110 valence electrons. The number of fused-ring (bicyclic) bond motifs is 1. The minimum atomic E-state index is -0.122. The van der Waals surface area contributed by atoms with Crippen LogP contribution in [0.5, 0.6) is 0 Å². The highest BCUT2D eigenvalue weighted by Crippen LogP contribution is 2.55. The van der Waals surface area contributed by atoms with Crippen LogP contribution < -0.4 is 0 Å². The molecule has 2 fully saturated rings. The number of pyridine rings is 1. The van der Waals surface area contributed by atoms with Gasteiger partial charge in [0.1, 0.15) is 6.10 Å². The highest BCUT2D eigenvalue weighted by Gasteiger charge is 2.57. The molecule has 21 heavy (non-hydrogen) atoms. The van der Waals surface area contributed by atoms with Crippen LogP contribution in [0.2, 0.25) is 0 Å². The van der Waals surface area contributed by atoms with Crippen LogP contribution in [-0.4, -0.2) is 32.8 Å². The molecule has 2 aromatic rings. The van der Waals surface area contributed by atoms with Crippen molar-refractivity contribution in [1.29, 1.82) is 0 Å². The first-order valence-electron chi connectivity index (χ1n) is 6.92. The molecule has 4 rings (SSSR count). The van der Waals surface area contributed by atoms with E-state index in [1.165, 1.54) is 0 Å². The number of H-pyrrole nitrogens is 1. The van der Waals surface area contributed by atoms with Gasteiger partial charge in [-0.25, -0.2) is 9.97 Å². The van der Waals surface area contributed by atoms with Gasteiger partial charge in [-0.05, 0) is 41.8 Å². The van der Waals surface area contributed by atoms with Crippen LogP contribution in [-0.2, 0) is 9.53 Å². The molecule has 0 aromatic carbocycles. The van der Waals surface area contributed by atoms with Crippen molar-refractivity contribution in [2.75, 3.05) is 5.75 Å². The number of carbonyl (C=O) groups excluding carboxylic acids is 1. The molecule has 0 bridgehead atoms. The molecule has 7 heteroatoms. The minimum absolute atomic E-state index is 0.000993. The third-order valence-corrected chi connectivity index (χ3v) is 5.97. The predicted molar refractivity (Wildman–Crippen MR) is 83.2 cm³/mol. The van der Waals surface area contributed by atoms with Gasteiger partial charge >= 0.3 is 5.97 Å². The molecule has 1 saturated carbocycles. The minimum Gasteiger partial charge on any atom is -0.461 e. The van der Waals surface area contributed by atoms with E-state index in [2.05, 4.69) is 30.9 Å². The van der Waals surface area contributed by atoms with E-state index in [0.29, 0.717) is 0 Å². The average molecular weight is 368 g/mol. The Balaban J connectivity index is 1.47. The maximum absolute atomic E-state index is 11.7. The first-order chi connectivity index (χ1) is 10.1. The number of ether oxygens (including phenoxy) is 1. The quantitative estimate of drug-likeness (QED) is 0.666. The van der Waals surface area contributed by atoms with Gasteiger partial charge in [-0.1, -0.05) is 11.8 Å². The number of esters is 1. The standard InChI is InChI=1S/C14H14BrN3O2S/c1-7-9(15)4-10-11(16-7)18-13(17-10)21-6-8-5-14(2-3-14)12(19)20-8/h4,8H,2-3,5-6H2,1H3,(H,16,17,18). The molecular weight excluding hydrogens is 354 g/mol. The Morgan fingerprint density at radius 1 is 1.52 bits per heavy atom. The summed E-state index contributed by atoms with van der Waals surface area (Å²) in [6.45, 7) is 1.94.